The summed E-state index contributed by atoms with van der Waals surface area (Å²) in [5.41, 5.74) is 0.381. The Labute approximate surface area is 109 Å². The van der Waals surface area contributed by atoms with Gasteiger partial charge in [-0.05, 0) is 18.2 Å². The summed E-state index contributed by atoms with van der Waals surface area (Å²) >= 11 is 0. The predicted molar refractivity (Wildman–Crippen MR) is 67.7 cm³/mol. The van der Waals surface area contributed by atoms with Crippen LogP contribution < -0.4 is 5.32 Å². The van der Waals surface area contributed by atoms with Gasteiger partial charge in [0.25, 0.3) is 0 Å². The van der Waals surface area contributed by atoms with E-state index in [1.165, 1.54) is 25.1 Å². The molecule has 102 valence electrons. The molecule has 1 aromatic carbocycles. The third-order valence-corrected chi connectivity index (χ3v) is 2.66. The topological polar surface area (TPSA) is 110 Å². The fourth-order valence-electron chi connectivity index (χ4n) is 1.51. The lowest BCUT2D eigenvalue weighted by Crippen LogP contribution is -2.15. The van der Waals surface area contributed by atoms with E-state index in [1.807, 2.05) is 0 Å². The van der Waals surface area contributed by atoms with Crippen molar-refractivity contribution in [2.24, 2.45) is 0 Å². The van der Waals surface area contributed by atoms with E-state index < -0.39 is 16.9 Å². The first kappa shape index (κ1) is 14.6. The Morgan fingerprint density at radius 2 is 2.11 bits per heavy atom. The normalized spacial score (nSPS) is 11.7. The number of benzene rings is 1. The van der Waals surface area contributed by atoms with Gasteiger partial charge >= 0.3 is 5.97 Å². The van der Waals surface area contributed by atoms with Crippen molar-refractivity contribution in [2.45, 2.75) is 26.3 Å². The van der Waals surface area contributed by atoms with Crippen LogP contribution in [0.25, 0.3) is 0 Å². The number of carbonyl (C=O) groups excluding carboxylic acids is 1. The summed E-state index contributed by atoms with van der Waals surface area (Å²) in [4.78, 5) is 32.5. The molecule has 0 aromatic heterocycles. The van der Waals surface area contributed by atoms with Crippen LogP contribution in [0.3, 0.4) is 0 Å². The number of anilines is 1. The minimum Gasteiger partial charge on any atom is -0.478 e. The van der Waals surface area contributed by atoms with Gasteiger partial charge in [0, 0.05) is 23.8 Å². The number of hydrogen-bond acceptors (Lipinski definition) is 4. The van der Waals surface area contributed by atoms with Crippen LogP contribution in [0, 0.1) is 10.1 Å². The molecular formula is C12H14N2O5. The molecule has 0 bridgehead atoms. The number of amides is 1. The Morgan fingerprint density at radius 1 is 1.47 bits per heavy atom. The van der Waals surface area contributed by atoms with Gasteiger partial charge in [-0.3, -0.25) is 14.9 Å². The third kappa shape index (κ3) is 3.51. The molecular weight excluding hydrogens is 252 g/mol. The largest absolute Gasteiger partial charge is 0.478 e. The van der Waals surface area contributed by atoms with Crippen LogP contribution in [0.1, 0.15) is 42.2 Å². The monoisotopic (exact) mass is 266 g/mol. The summed E-state index contributed by atoms with van der Waals surface area (Å²) < 4.78 is 0. The molecule has 1 aromatic rings. The molecule has 7 nitrogen and oxygen atoms in total. The smallest absolute Gasteiger partial charge is 0.335 e. The fraction of sp³-hybridized carbons (Fsp3) is 0.333. The summed E-state index contributed by atoms with van der Waals surface area (Å²) in [5, 5.41) is 22.3. The van der Waals surface area contributed by atoms with Crippen molar-refractivity contribution in [3.63, 3.8) is 0 Å². The molecule has 7 heteroatoms. The number of hydrogen-bond donors (Lipinski definition) is 2. The molecule has 1 unspecified atom stereocenters. The maximum Gasteiger partial charge on any atom is 0.335 e. The van der Waals surface area contributed by atoms with Crippen molar-refractivity contribution in [3.05, 3.63) is 39.4 Å². The standard InChI is InChI=1S/C12H14N2O5/c1-3-11(15)13-10-5-4-8(12(16)17)6-9(10)7(2)14(18)19/h4-7H,3H2,1-2H3,(H,13,15)(H,16,17). The van der Waals surface area contributed by atoms with E-state index in [2.05, 4.69) is 5.32 Å². The minimum atomic E-state index is -1.18. The van der Waals surface area contributed by atoms with Gasteiger partial charge < -0.3 is 10.4 Å². The van der Waals surface area contributed by atoms with Crippen LogP contribution in [-0.4, -0.2) is 21.9 Å². The Bertz CT molecular complexity index is 527. The van der Waals surface area contributed by atoms with Crippen molar-refractivity contribution < 1.29 is 19.6 Å². The Kier molecular flexibility index (Phi) is 4.57. The number of nitrogens with one attached hydrogen (secondary N) is 1. The average molecular weight is 266 g/mol. The van der Waals surface area contributed by atoms with Gasteiger partial charge in [0.15, 0.2) is 0 Å². The van der Waals surface area contributed by atoms with Crippen LogP contribution in [-0.2, 0) is 4.79 Å². The summed E-state index contributed by atoms with van der Waals surface area (Å²) in [6, 6.07) is 2.77. The maximum absolute atomic E-state index is 11.3. The highest BCUT2D eigenvalue weighted by Crippen LogP contribution is 2.26. The SMILES string of the molecule is CCC(=O)Nc1ccc(C(=O)O)cc1C(C)[N+](=O)[O-]. The number of nitro groups is 1. The molecule has 2 N–H and O–H groups in total. The van der Waals surface area contributed by atoms with Gasteiger partial charge in [-0.1, -0.05) is 6.92 Å². The first-order chi connectivity index (χ1) is 8.86. The molecule has 19 heavy (non-hydrogen) atoms. The zero-order valence-electron chi connectivity index (χ0n) is 10.5. The first-order valence-electron chi connectivity index (χ1n) is 5.67. The van der Waals surface area contributed by atoms with Crippen molar-refractivity contribution in [1.82, 2.24) is 0 Å². The lowest BCUT2D eigenvalue weighted by molar-refractivity contribution is -0.524. The van der Waals surface area contributed by atoms with E-state index in [0.29, 0.717) is 0 Å². The van der Waals surface area contributed by atoms with Crippen molar-refractivity contribution in [1.29, 1.82) is 0 Å². The molecule has 0 heterocycles. The quantitative estimate of drug-likeness (QED) is 0.626. The molecule has 0 spiro atoms. The second-order valence-corrected chi connectivity index (χ2v) is 3.97. The van der Waals surface area contributed by atoms with Crippen LogP contribution in [0.2, 0.25) is 0 Å². The van der Waals surface area contributed by atoms with Crippen LogP contribution in [0.5, 0.6) is 0 Å². The molecule has 0 saturated carbocycles. The maximum atomic E-state index is 11.3. The number of aromatic carboxylic acids is 1. The Morgan fingerprint density at radius 3 is 2.58 bits per heavy atom. The first-order valence-corrected chi connectivity index (χ1v) is 5.67. The summed E-state index contributed by atoms with van der Waals surface area (Å²) in [6.07, 6.45) is 0.229. The highest BCUT2D eigenvalue weighted by Gasteiger charge is 2.22. The van der Waals surface area contributed by atoms with Crippen LogP contribution in [0.15, 0.2) is 18.2 Å². The average Bonchev–Trinajstić information content (AvgIpc) is 2.37. The van der Waals surface area contributed by atoms with Crippen molar-refractivity contribution in [2.75, 3.05) is 5.32 Å². The van der Waals surface area contributed by atoms with E-state index >= 15 is 0 Å². The van der Waals surface area contributed by atoms with E-state index in [0.717, 1.165) is 0 Å². The van der Waals surface area contributed by atoms with Gasteiger partial charge in [0.05, 0.1) is 11.3 Å². The number of carbonyl (C=O) groups is 2. The lowest BCUT2D eigenvalue weighted by atomic mass is 10.0. The van der Waals surface area contributed by atoms with Gasteiger partial charge in [-0.2, -0.15) is 0 Å². The van der Waals surface area contributed by atoms with Gasteiger partial charge in [0.2, 0.25) is 11.9 Å². The zero-order chi connectivity index (χ0) is 14.6. The van der Waals surface area contributed by atoms with Crippen molar-refractivity contribution in [3.8, 4) is 0 Å². The number of nitrogens with zero attached hydrogens (tertiary/aromatic N) is 1. The van der Waals surface area contributed by atoms with E-state index in [4.69, 9.17) is 5.11 Å². The second-order valence-electron chi connectivity index (χ2n) is 3.97. The minimum absolute atomic E-state index is 0.0572. The summed E-state index contributed by atoms with van der Waals surface area (Å²) in [5.74, 6) is -1.47. The van der Waals surface area contributed by atoms with Gasteiger partial charge in [0.1, 0.15) is 0 Å². The second kappa shape index (κ2) is 5.94. The molecule has 1 atom stereocenters. The Balaban J connectivity index is 3.25. The highest BCUT2D eigenvalue weighted by atomic mass is 16.6. The zero-order valence-corrected chi connectivity index (χ0v) is 10.5. The van der Waals surface area contributed by atoms with E-state index in [1.54, 1.807) is 6.92 Å². The molecule has 1 rings (SSSR count). The Hall–Kier alpha value is -2.44. The molecule has 1 amide bonds. The number of rotatable bonds is 5. The van der Waals surface area contributed by atoms with E-state index in [-0.39, 0.29) is 29.1 Å². The number of carboxylic acids is 1. The molecule has 0 aliphatic carbocycles. The number of carboxylic acid groups (broad SMARTS) is 1. The van der Waals surface area contributed by atoms with Gasteiger partial charge in [-0.15, -0.1) is 0 Å². The fourth-order valence-corrected chi connectivity index (χ4v) is 1.51. The molecule has 0 aliphatic rings. The predicted octanol–water partition coefficient (Wildman–Crippen LogP) is 2.07. The lowest BCUT2D eigenvalue weighted by Gasteiger charge is -2.12. The molecule has 0 radical (unpaired) electrons. The molecule has 0 aliphatic heterocycles. The van der Waals surface area contributed by atoms with E-state index in [9.17, 15) is 19.7 Å². The summed E-state index contributed by atoms with van der Waals surface area (Å²) in [7, 11) is 0. The molecule has 0 saturated heterocycles. The summed E-state index contributed by atoms with van der Waals surface area (Å²) in [6.45, 7) is 2.99. The highest BCUT2D eigenvalue weighted by molar-refractivity contribution is 5.93. The van der Waals surface area contributed by atoms with Crippen LogP contribution >= 0.6 is 0 Å². The van der Waals surface area contributed by atoms with Gasteiger partial charge in [-0.25, -0.2) is 4.79 Å². The van der Waals surface area contributed by atoms with Crippen molar-refractivity contribution >= 4 is 17.6 Å². The molecule has 0 fully saturated rings. The van der Waals surface area contributed by atoms with Crippen LogP contribution in [0.4, 0.5) is 5.69 Å². The third-order valence-electron chi connectivity index (χ3n) is 2.66.